The molecule has 4 aromatic heterocycles. The third-order valence-electron chi connectivity index (χ3n) is 6.17. The van der Waals surface area contributed by atoms with E-state index in [-0.39, 0.29) is 22.8 Å². The Kier molecular flexibility index (Phi) is 4.25. The number of halogens is 3. The Morgan fingerprint density at radius 3 is 2.68 bits per heavy atom. The van der Waals surface area contributed by atoms with Gasteiger partial charge in [0.15, 0.2) is 5.65 Å². The van der Waals surface area contributed by atoms with Gasteiger partial charge >= 0.3 is 11.9 Å². The standard InChI is InChI=1S/C23H15F3N6O2/c24-23(25,26)17-3-4-27-18-7-11(1-2-12(17)18)13-8-14(13)15-9-19(31-32-6-5-28-20(15)32)16-10-29-22(34)30-21(16)33/h1-7,9-10,13-14H,8H2,(H2,29,30,33,34)/t13-,14?/m1/s1. The van der Waals surface area contributed by atoms with Gasteiger partial charge in [-0.2, -0.15) is 18.3 Å². The van der Waals surface area contributed by atoms with Gasteiger partial charge in [-0.25, -0.2) is 14.3 Å². The van der Waals surface area contributed by atoms with E-state index in [4.69, 9.17) is 0 Å². The number of aromatic amines is 2. The first-order valence-electron chi connectivity index (χ1n) is 10.4. The monoisotopic (exact) mass is 464 g/mol. The highest BCUT2D eigenvalue weighted by atomic mass is 19.4. The van der Waals surface area contributed by atoms with Gasteiger partial charge < -0.3 is 4.98 Å². The van der Waals surface area contributed by atoms with E-state index in [0.717, 1.165) is 23.6 Å². The Hall–Kier alpha value is -4.28. The van der Waals surface area contributed by atoms with Crippen LogP contribution in [-0.2, 0) is 6.18 Å². The van der Waals surface area contributed by atoms with E-state index < -0.39 is 23.0 Å². The molecule has 0 spiro atoms. The fourth-order valence-electron chi connectivity index (χ4n) is 4.50. The number of pyridine rings is 1. The lowest BCUT2D eigenvalue weighted by Crippen LogP contribution is -2.23. The first kappa shape index (κ1) is 20.3. The smallest absolute Gasteiger partial charge is 0.313 e. The zero-order valence-electron chi connectivity index (χ0n) is 17.3. The molecule has 1 aromatic carbocycles. The second-order valence-corrected chi connectivity index (χ2v) is 8.25. The predicted octanol–water partition coefficient (Wildman–Crippen LogP) is 3.61. The minimum Gasteiger partial charge on any atom is -0.313 e. The van der Waals surface area contributed by atoms with Crippen LogP contribution < -0.4 is 11.2 Å². The fourth-order valence-corrected chi connectivity index (χ4v) is 4.50. The Labute approximate surface area is 188 Å². The zero-order valence-corrected chi connectivity index (χ0v) is 17.3. The summed E-state index contributed by atoms with van der Waals surface area (Å²) in [6.45, 7) is 0. The molecule has 1 aliphatic rings. The van der Waals surface area contributed by atoms with Gasteiger partial charge in [-0.05, 0) is 42.0 Å². The summed E-state index contributed by atoms with van der Waals surface area (Å²) in [5.74, 6) is 0.0992. The second kappa shape index (κ2) is 7.11. The number of alkyl halides is 3. The van der Waals surface area contributed by atoms with Crippen molar-refractivity contribution in [2.24, 2.45) is 0 Å². The normalized spacial score (nSPS) is 18.0. The Balaban J connectivity index is 1.41. The van der Waals surface area contributed by atoms with Crippen molar-refractivity contribution in [3.05, 3.63) is 92.6 Å². The molecule has 0 bridgehead atoms. The number of rotatable bonds is 3. The molecule has 34 heavy (non-hydrogen) atoms. The van der Waals surface area contributed by atoms with Crippen molar-refractivity contribution >= 4 is 16.6 Å². The highest BCUT2D eigenvalue weighted by Gasteiger charge is 2.42. The minimum absolute atomic E-state index is 0.0386. The lowest BCUT2D eigenvalue weighted by molar-refractivity contribution is -0.136. The van der Waals surface area contributed by atoms with Crippen LogP contribution in [0.5, 0.6) is 0 Å². The van der Waals surface area contributed by atoms with Crippen LogP contribution in [0.1, 0.15) is 34.9 Å². The molecule has 0 amide bonds. The number of hydrogen-bond donors (Lipinski definition) is 2. The molecule has 4 heterocycles. The minimum atomic E-state index is -4.45. The molecule has 1 aliphatic carbocycles. The van der Waals surface area contributed by atoms with E-state index in [2.05, 4.69) is 25.0 Å². The molecule has 1 fully saturated rings. The maximum absolute atomic E-state index is 13.3. The summed E-state index contributed by atoms with van der Waals surface area (Å²) >= 11 is 0. The summed E-state index contributed by atoms with van der Waals surface area (Å²) in [5, 5.41) is 4.50. The van der Waals surface area contributed by atoms with E-state index in [1.54, 1.807) is 35.1 Å². The average molecular weight is 464 g/mol. The van der Waals surface area contributed by atoms with Crippen LogP contribution in [0.15, 0.2) is 64.7 Å². The summed E-state index contributed by atoms with van der Waals surface area (Å²) < 4.78 is 41.6. The molecule has 2 atom stereocenters. The number of imidazole rings is 1. The highest BCUT2D eigenvalue weighted by molar-refractivity contribution is 5.83. The number of fused-ring (bicyclic) bond motifs is 2. The molecule has 1 saturated carbocycles. The van der Waals surface area contributed by atoms with Crippen molar-refractivity contribution in [2.75, 3.05) is 0 Å². The molecule has 0 radical (unpaired) electrons. The van der Waals surface area contributed by atoms with E-state index >= 15 is 0 Å². The van der Waals surface area contributed by atoms with Crippen LogP contribution in [0.4, 0.5) is 13.2 Å². The molecule has 2 N–H and O–H groups in total. The second-order valence-electron chi connectivity index (χ2n) is 8.25. The zero-order chi connectivity index (χ0) is 23.6. The topological polar surface area (TPSA) is 109 Å². The Morgan fingerprint density at radius 2 is 1.88 bits per heavy atom. The third kappa shape index (κ3) is 3.28. The highest BCUT2D eigenvalue weighted by Crippen LogP contribution is 2.56. The lowest BCUT2D eigenvalue weighted by Gasteiger charge is -2.11. The van der Waals surface area contributed by atoms with Crippen molar-refractivity contribution in [2.45, 2.75) is 24.4 Å². The van der Waals surface area contributed by atoms with E-state index in [1.807, 2.05) is 0 Å². The quantitative estimate of drug-likeness (QED) is 0.424. The van der Waals surface area contributed by atoms with Crippen LogP contribution in [0, 0.1) is 0 Å². The average Bonchev–Trinajstić information content (AvgIpc) is 3.45. The third-order valence-corrected chi connectivity index (χ3v) is 6.17. The molecular weight excluding hydrogens is 449 g/mol. The Bertz CT molecular complexity index is 1700. The van der Waals surface area contributed by atoms with Crippen molar-refractivity contribution in [3.63, 3.8) is 0 Å². The summed E-state index contributed by atoms with van der Waals surface area (Å²) in [6, 6.07) is 7.64. The number of aromatic nitrogens is 6. The summed E-state index contributed by atoms with van der Waals surface area (Å²) in [4.78, 5) is 36.8. The maximum Gasteiger partial charge on any atom is 0.417 e. The number of nitrogens with zero attached hydrogens (tertiary/aromatic N) is 4. The molecule has 0 aliphatic heterocycles. The molecule has 8 nitrogen and oxygen atoms in total. The van der Waals surface area contributed by atoms with E-state index in [1.165, 1.54) is 18.5 Å². The maximum atomic E-state index is 13.3. The Morgan fingerprint density at radius 1 is 1.03 bits per heavy atom. The van der Waals surface area contributed by atoms with Crippen molar-refractivity contribution in [3.8, 4) is 11.3 Å². The summed E-state index contributed by atoms with van der Waals surface area (Å²) in [7, 11) is 0. The van der Waals surface area contributed by atoms with Crippen molar-refractivity contribution in [1.29, 1.82) is 0 Å². The van der Waals surface area contributed by atoms with Crippen molar-refractivity contribution in [1.82, 2.24) is 29.5 Å². The SMILES string of the molecule is O=c1[nH]cc(-c2cc(C3C[C@@H]3c3ccc4c(C(F)(F)F)ccnc4c3)c3nccn3n2)c(=O)[nH]1. The van der Waals surface area contributed by atoms with Crippen LogP contribution in [0.3, 0.4) is 0 Å². The molecule has 6 rings (SSSR count). The van der Waals surface area contributed by atoms with Crippen LogP contribution in [0.25, 0.3) is 27.8 Å². The summed E-state index contributed by atoms with van der Waals surface area (Å²) in [6.07, 6.45) is 2.06. The van der Waals surface area contributed by atoms with Gasteiger partial charge in [-0.15, -0.1) is 0 Å². The van der Waals surface area contributed by atoms with Crippen LogP contribution >= 0.6 is 0 Å². The van der Waals surface area contributed by atoms with Crippen LogP contribution in [0.2, 0.25) is 0 Å². The van der Waals surface area contributed by atoms with Gasteiger partial charge in [0.05, 0.1) is 22.3 Å². The number of benzene rings is 1. The molecule has 0 saturated heterocycles. The van der Waals surface area contributed by atoms with Gasteiger partial charge in [0, 0.05) is 35.7 Å². The number of nitrogens with one attached hydrogen (secondary N) is 2. The molecule has 11 heteroatoms. The first-order valence-corrected chi connectivity index (χ1v) is 10.4. The fraction of sp³-hybridized carbons (Fsp3) is 0.174. The molecule has 1 unspecified atom stereocenters. The van der Waals surface area contributed by atoms with Gasteiger partial charge in [0.2, 0.25) is 0 Å². The largest absolute Gasteiger partial charge is 0.417 e. The number of H-pyrrole nitrogens is 2. The van der Waals surface area contributed by atoms with Crippen LogP contribution in [-0.4, -0.2) is 29.5 Å². The van der Waals surface area contributed by atoms with Gasteiger partial charge in [-0.3, -0.25) is 14.8 Å². The van der Waals surface area contributed by atoms with E-state index in [0.29, 0.717) is 16.9 Å². The van der Waals surface area contributed by atoms with Crippen molar-refractivity contribution < 1.29 is 13.2 Å². The summed E-state index contributed by atoms with van der Waals surface area (Å²) in [5.41, 5.74) is 1.38. The lowest BCUT2D eigenvalue weighted by atomic mass is 10.0. The molecule has 5 aromatic rings. The van der Waals surface area contributed by atoms with E-state index in [9.17, 15) is 22.8 Å². The first-order chi connectivity index (χ1) is 16.3. The molecule has 170 valence electrons. The van der Waals surface area contributed by atoms with Gasteiger partial charge in [0.1, 0.15) is 0 Å². The predicted molar refractivity (Wildman–Crippen MR) is 117 cm³/mol. The molecular formula is C23H15F3N6O2. The number of hydrogen-bond acceptors (Lipinski definition) is 5. The van der Waals surface area contributed by atoms with Gasteiger partial charge in [-0.1, -0.05) is 12.1 Å². The van der Waals surface area contributed by atoms with Gasteiger partial charge in [0.25, 0.3) is 5.56 Å².